The Labute approximate surface area is 249 Å². The molecule has 2 aromatic carbocycles. The van der Waals surface area contributed by atoms with Gasteiger partial charge in [-0.05, 0) is 48.9 Å². The number of hydrogen-bond acceptors (Lipinski definition) is 8. The molecule has 1 aromatic heterocycles. The van der Waals surface area contributed by atoms with Gasteiger partial charge < -0.3 is 26.4 Å². The van der Waals surface area contributed by atoms with Crippen LogP contribution < -0.4 is 37.3 Å². The zero-order chi connectivity index (χ0) is 32.3. The van der Waals surface area contributed by atoms with Crippen LogP contribution in [0.25, 0.3) is 5.70 Å². The quantitative estimate of drug-likeness (QED) is 0.148. The molecule has 0 atom stereocenters. The highest BCUT2D eigenvalue weighted by molar-refractivity contribution is 6.06. The highest BCUT2D eigenvalue weighted by atomic mass is 19.3. The van der Waals surface area contributed by atoms with Gasteiger partial charge in [0.1, 0.15) is 11.6 Å². The Kier molecular flexibility index (Phi) is 13.0. The summed E-state index contributed by atoms with van der Waals surface area (Å²) in [4.78, 5) is 28.6. The molecule has 10 nitrogen and oxygen atoms in total. The number of hydrazine groups is 1. The molecule has 0 aliphatic carbocycles. The van der Waals surface area contributed by atoms with Crippen LogP contribution >= 0.6 is 0 Å². The van der Waals surface area contributed by atoms with Crippen molar-refractivity contribution in [1.82, 2.24) is 10.3 Å². The van der Waals surface area contributed by atoms with Gasteiger partial charge in [0.05, 0.1) is 31.4 Å². The van der Waals surface area contributed by atoms with Crippen molar-refractivity contribution in [3.05, 3.63) is 82.7 Å². The average molecular weight is 602 g/mol. The van der Waals surface area contributed by atoms with Crippen molar-refractivity contribution in [2.24, 2.45) is 11.6 Å². The average Bonchev–Trinajstić information content (AvgIpc) is 2.96. The minimum Gasteiger partial charge on any atom is -0.494 e. The minimum absolute atomic E-state index is 0.112. The van der Waals surface area contributed by atoms with Crippen molar-refractivity contribution in [3.8, 4) is 5.75 Å². The van der Waals surface area contributed by atoms with Gasteiger partial charge in [0.25, 0.3) is 12.3 Å². The molecule has 0 saturated carbocycles. The lowest BCUT2D eigenvalue weighted by molar-refractivity contribution is -0.114. The summed E-state index contributed by atoms with van der Waals surface area (Å²) in [5.74, 6) is 6.17. The van der Waals surface area contributed by atoms with Gasteiger partial charge in [0, 0.05) is 54.2 Å². The van der Waals surface area contributed by atoms with Gasteiger partial charge in [-0.2, -0.15) is 0 Å². The number of benzene rings is 2. The molecule has 3 rings (SSSR count). The van der Waals surface area contributed by atoms with E-state index in [0.717, 1.165) is 5.56 Å². The van der Waals surface area contributed by atoms with Crippen molar-refractivity contribution < 1.29 is 27.5 Å². The van der Waals surface area contributed by atoms with E-state index in [1.165, 1.54) is 43.6 Å². The number of hydrogen-bond donors (Lipinski definition) is 5. The van der Waals surface area contributed by atoms with E-state index in [2.05, 4.69) is 20.9 Å². The number of aromatic nitrogens is 1. The van der Waals surface area contributed by atoms with Crippen LogP contribution in [-0.2, 0) is 11.3 Å². The molecular weight excluding hydrogens is 563 g/mol. The molecular formula is C30H38F3N7O3. The summed E-state index contributed by atoms with van der Waals surface area (Å²) >= 11 is 0. The summed E-state index contributed by atoms with van der Waals surface area (Å²) in [5, 5.41) is 9.75. The summed E-state index contributed by atoms with van der Waals surface area (Å²) in [6.07, 6.45) is 0.232. The first-order valence-electron chi connectivity index (χ1n) is 13.2. The van der Waals surface area contributed by atoms with Crippen LogP contribution in [-0.4, -0.2) is 37.1 Å². The minimum atomic E-state index is -2.74. The number of amides is 2. The van der Waals surface area contributed by atoms with Crippen LogP contribution in [0.15, 0.2) is 54.9 Å². The van der Waals surface area contributed by atoms with Gasteiger partial charge in [0.2, 0.25) is 5.91 Å². The molecule has 0 saturated heterocycles. The van der Waals surface area contributed by atoms with Crippen LogP contribution in [0.2, 0.25) is 0 Å². The van der Waals surface area contributed by atoms with E-state index in [9.17, 15) is 22.8 Å². The van der Waals surface area contributed by atoms with Crippen molar-refractivity contribution in [1.29, 1.82) is 0 Å². The number of nitrogens with one attached hydrogen (secondary N) is 3. The van der Waals surface area contributed by atoms with Crippen molar-refractivity contribution in [2.75, 3.05) is 29.9 Å². The fourth-order valence-electron chi connectivity index (χ4n) is 3.95. The van der Waals surface area contributed by atoms with Gasteiger partial charge in [-0.3, -0.25) is 19.0 Å². The maximum absolute atomic E-state index is 13.7. The second-order valence-electron chi connectivity index (χ2n) is 9.66. The molecule has 0 unspecified atom stereocenters. The summed E-state index contributed by atoms with van der Waals surface area (Å²) in [5.41, 5.74) is 8.93. The number of nitrogens with two attached hydrogens (primary N) is 2. The maximum Gasteiger partial charge on any atom is 0.263 e. The molecule has 0 spiro atoms. The summed E-state index contributed by atoms with van der Waals surface area (Å²) in [7, 11) is 1.92. The Bertz CT molecular complexity index is 1430. The summed E-state index contributed by atoms with van der Waals surface area (Å²) < 4.78 is 42.3. The van der Waals surface area contributed by atoms with E-state index in [0.29, 0.717) is 35.5 Å². The Hall–Kier alpha value is -4.62. The van der Waals surface area contributed by atoms with Crippen LogP contribution in [0.4, 0.5) is 30.4 Å². The zero-order valence-corrected chi connectivity index (χ0v) is 25.0. The van der Waals surface area contributed by atoms with E-state index < -0.39 is 12.3 Å². The van der Waals surface area contributed by atoms with Crippen LogP contribution in [0, 0.1) is 6.92 Å². The first-order chi connectivity index (χ1) is 20.4. The number of methoxy groups -OCH3 is 1. The molecule has 0 aliphatic heterocycles. The Morgan fingerprint density at radius 1 is 1.07 bits per heavy atom. The number of aryl methyl sites for hydroxylation is 1. The molecule has 0 radical (unpaired) electrons. The SMILES string of the molecule is CF.COc1c(CNC(C)C)cc(C(F)F)cc1NC(=O)c1ccc(C)c(N(N)/C=C(\N)c2ccc(NC(C)=O)nc2)c1. The summed E-state index contributed by atoms with van der Waals surface area (Å²) in [6.45, 7) is 7.34. The Morgan fingerprint density at radius 2 is 1.74 bits per heavy atom. The highest BCUT2D eigenvalue weighted by Crippen LogP contribution is 2.35. The molecule has 7 N–H and O–H groups in total. The van der Waals surface area contributed by atoms with E-state index in [1.807, 2.05) is 20.8 Å². The van der Waals surface area contributed by atoms with E-state index in [1.54, 1.807) is 30.3 Å². The second-order valence-corrected chi connectivity index (χ2v) is 9.66. The third-order valence-corrected chi connectivity index (χ3v) is 6.02. The molecule has 1 heterocycles. The molecule has 43 heavy (non-hydrogen) atoms. The number of nitrogens with zero attached hydrogens (tertiary/aromatic N) is 2. The normalized spacial score (nSPS) is 11.1. The predicted molar refractivity (Wildman–Crippen MR) is 163 cm³/mol. The monoisotopic (exact) mass is 601 g/mol. The third-order valence-electron chi connectivity index (χ3n) is 6.02. The predicted octanol–water partition coefficient (Wildman–Crippen LogP) is 5.27. The van der Waals surface area contributed by atoms with Crippen LogP contribution in [0.1, 0.15) is 59.8 Å². The van der Waals surface area contributed by atoms with E-state index >= 15 is 0 Å². The fraction of sp³-hybridized carbons (Fsp3) is 0.300. The van der Waals surface area contributed by atoms with Crippen LogP contribution in [0.3, 0.4) is 0 Å². The van der Waals surface area contributed by atoms with Gasteiger partial charge in [-0.25, -0.2) is 19.6 Å². The number of pyridine rings is 1. The smallest absolute Gasteiger partial charge is 0.263 e. The molecule has 0 bridgehead atoms. The van der Waals surface area contributed by atoms with Crippen LogP contribution in [0.5, 0.6) is 5.75 Å². The maximum atomic E-state index is 13.7. The number of carbonyl (C=O) groups is 2. The highest BCUT2D eigenvalue weighted by Gasteiger charge is 2.20. The van der Waals surface area contributed by atoms with E-state index in [4.69, 9.17) is 16.3 Å². The molecule has 0 aliphatic rings. The second kappa shape index (κ2) is 16.1. The third kappa shape index (κ3) is 9.72. The molecule has 232 valence electrons. The summed E-state index contributed by atoms with van der Waals surface area (Å²) in [6, 6.07) is 10.9. The topological polar surface area (TPSA) is 148 Å². The fourth-order valence-corrected chi connectivity index (χ4v) is 3.95. The lowest BCUT2D eigenvalue weighted by Gasteiger charge is -2.20. The largest absolute Gasteiger partial charge is 0.494 e. The first kappa shape index (κ1) is 34.6. The molecule has 3 aromatic rings. The molecule has 2 amide bonds. The number of ether oxygens (including phenoxy) is 1. The lowest BCUT2D eigenvalue weighted by atomic mass is 10.1. The van der Waals surface area contributed by atoms with Crippen molar-refractivity contribution in [3.63, 3.8) is 0 Å². The zero-order valence-electron chi connectivity index (χ0n) is 25.0. The lowest BCUT2D eigenvalue weighted by Crippen LogP contribution is -2.27. The van der Waals surface area contributed by atoms with Gasteiger partial charge in [-0.1, -0.05) is 19.9 Å². The van der Waals surface area contributed by atoms with Crippen molar-refractivity contribution in [2.45, 2.75) is 46.7 Å². The standard InChI is InChI=1S/C29H35F2N7O3.CH3F/c1-16(2)34-14-22-10-21(28(30)31)11-24(27(22)41-5)37-29(40)19-7-6-17(3)25(12-19)38(33)15-23(32)20-8-9-26(35-13-20)36-18(4)39;1-2/h6-13,15-16,28,34H,14,32-33H2,1-5H3,(H,37,40)(H,35,36,39);1H3/b23-15-;. The Morgan fingerprint density at radius 3 is 2.30 bits per heavy atom. The number of halogens is 3. The molecule has 13 heteroatoms. The van der Waals surface area contributed by atoms with Gasteiger partial charge in [0.15, 0.2) is 0 Å². The number of alkyl halides is 3. The van der Waals surface area contributed by atoms with Gasteiger partial charge >= 0.3 is 0 Å². The Balaban J connectivity index is 0.00000316. The number of carbonyl (C=O) groups excluding carboxylic acids is 2. The van der Waals surface area contributed by atoms with Crippen molar-refractivity contribution >= 4 is 34.7 Å². The first-order valence-corrected chi connectivity index (χ1v) is 13.2. The van der Waals surface area contributed by atoms with E-state index in [-0.39, 0.29) is 41.1 Å². The number of anilines is 3. The van der Waals surface area contributed by atoms with Gasteiger partial charge in [-0.15, -0.1) is 0 Å². The number of rotatable bonds is 11. The molecule has 0 fully saturated rings.